The molecule has 5 heteroatoms. The van der Waals surface area contributed by atoms with Crippen LogP contribution >= 0.6 is 0 Å². The second-order valence-electron chi connectivity index (χ2n) is 7.20. The molecule has 1 atom stereocenters. The predicted octanol–water partition coefficient (Wildman–Crippen LogP) is 4.70. The summed E-state index contributed by atoms with van der Waals surface area (Å²) in [5, 5.41) is 10.9. The fourth-order valence-electron chi connectivity index (χ4n) is 3.73. The molecule has 5 nitrogen and oxygen atoms in total. The number of likely N-dealkylation sites (tertiary alicyclic amines) is 1. The molecule has 29 heavy (non-hydrogen) atoms. The van der Waals surface area contributed by atoms with E-state index in [1.165, 1.54) is 0 Å². The molecular weight excluding hydrogens is 366 g/mol. The third kappa shape index (κ3) is 4.34. The average Bonchev–Trinajstić information content (AvgIpc) is 3.01. The van der Waals surface area contributed by atoms with Crippen molar-refractivity contribution in [2.75, 3.05) is 13.7 Å². The summed E-state index contributed by atoms with van der Waals surface area (Å²) < 4.78 is 5.33. The SMILES string of the molecule is CCCCCCN1C(=O)C(=O)C(=C(O)c2ccccc2)[C@H]1c1cccc(OC)c1. The molecule has 1 fully saturated rings. The van der Waals surface area contributed by atoms with Gasteiger partial charge in [-0.1, -0.05) is 68.7 Å². The number of nitrogens with zero attached hydrogens (tertiary/aromatic N) is 1. The van der Waals surface area contributed by atoms with Gasteiger partial charge in [-0.25, -0.2) is 0 Å². The monoisotopic (exact) mass is 393 g/mol. The zero-order valence-corrected chi connectivity index (χ0v) is 16.9. The van der Waals surface area contributed by atoms with E-state index in [4.69, 9.17) is 4.74 Å². The molecule has 152 valence electrons. The van der Waals surface area contributed by atoms with Crippen molar-refractivity contribution in [3.05, 3.63) is 71.3 Å². The minimum Gasteiger partial charge on any atom is -0.507 e. The first-order valence-electron chi connectivity index (χ1n) is 10.1. The molecule has 1 N–H and O–H groups in total. The number of carbonyl (C=O) groups is 2. The second kappa shape index (κ2) is 9.41. The molecule has 2 aromatic rings. The highest BCUT2D eigenvalue weighted by Gasteiger charge is 2.45. The summed E-state index contributed by atoms with van der Waals surface area (Å²) in [6.07, 6.45) is 3.97. The molecule has 1 amide bonds. The van der Waals surface area contributed by atoms with E-state index in [-0.39, 0.29) is 11.3 Å². The molecule has 1 heterocycles. The Bertz CT molecular complexity index is 904. The number of ketones is 1. The van der Waals surface area contributed by atoms with Gasteiger partial charge in [-0.2, -0.15) is 0 Å². The van der Waals surface area contributed by atoms with Gasteiger partial charge in [0.25, 0.3) is 11.7 Å². The Kier molecular flexibility index (Phi) is 6.70. The number of rotatable bonds is 8. The van der Waals surface area contributed by atoms with Crippen LogP contribution in [-0.2, 0) is 9.59 Å². The molecular formula is C24H27NO4. The van der Waals surface area contributed by atoms with Crippen LogP contribution in [0.4, 0.5) is 0 Å². The minimum absolute atomic E-state index is 0.130. The third-order valence-corrected chi connectivity index (χ3v) is 5.25. The van der Waals surface area contributed by atoms with Crippen molar-refractivity contribution in [3.8, 4) is 5.75 Å². The molecule has 0 radical (unpaired) electrons. The van der Waals surface area contributed by atoms with Crippen LogP contribution in [-0.4, -0.2) is 35.4 Å². The first-order chi connectivity index (χ1) is 14.1. The Labute approximate surface area is 171 Å². The van der Waals surface area contributed by atoms with Crippen molar-refractivity contribution >= 4 is 17.4 Å². The van der Waals surface area contributed by atoms with Crippen LogP contribution in [0, 0.1) is 0 Å². The Morgan fingerprint density at radius 1 is 1.03 bits per heavy atom. The molecule has 1 saturated heterocycles. The average molecular weight is 393 g/mol. The normalized spacial score (nSPS) is 18.3. The van der Waals surface area contributed by atoms with Gasteiger partial charge in [0.05, 0.1) is 18.7 Å². The summed E-state index contributed by atoms with van der Waals surface area (Å²) in [4.78, 5) is 27.4. The van der Waals surface area contributed by atoms with Crippen molar-refractivity contribution < 1.29 is 19.4 Å². The number of unbranched alkanes of at least 4 members (excludes halogenated alkanes) is 3. The highest BCUT2D eigenvalue weighted by Crippen LogP contribution is 2.40. The fraction of sp³-hybridized carbons (Fsp3) is 0.333. The molecule has 0 bridgehead atoms. The molecule has 0 aliphatic carbocycles. The van der Waals surface area contributed by atoms with E-state index in [2.05, 4.69) is 6.92 Å². The van der Waals surface area contributed by atoms with Gasteiger partial charge in [-0.15, -0.1) is 0 Å². The zero-order valence-electron chi connectivity index (χ0n) is 16.9. The maximum Gasteiger partial charge on any atom is 0.295 e. The van der Waals surface area contributed by atoms with Crippen LogP contribution in [0.2, 0.25) is 0 Å². The van der Waals surface area contributed by atoms with Crippen molar-refractivity contribution in [3.63, 3.8) is 0 Å². The topological polar surface area (TPSA) is 66.8 Å². The molecule has 0 spiro atoms. The lowest BCUT2D eigenvalue weighted by molar-refractivity contribution is -0.139. The summed E-state index contributed by atoms with van der Waals surface area (Å²) >= 11 is 0. The number of methoxy groups -OCH3 is 1. The minimum atomic E-state index is -0.644. The van der Waals surface area contributed by atoms with E-state index in [0.29, 0.717) is 17.9 Å². The molecule has 2 aromatic carbocycles. The maximum atomic E-state index is 12.9. The molecule has 0 unspecified atom stereocenters. The number of hydrogen-bond donors (Lipinski definition) is 1. The number of benzene rings is 2. The number of Topliss-reactive ketones (excluding diaryl/α,β-unsaturated/α-hetero) is 1. The number of carbonyl (C=O) groups excluding carboxylic acids is 2. The first-order valence-corrected chi connectivity index (χ1v) is 10.1. The Balaban J connectivity index is 2.07. The number of hydrogen-bond acceptors (Lipinski definition) is 4. The van der Waals surface area contributed by atoms with Crippen molar-refractivity contribution in [1.82, 2.24) is 4.90 Å². The van der Waals surface area contributed by atoms with Crippen LogP contribution in [0.15, 0.2) is 60.2 Å². The summed E-state index contributed by atoms with van der Waals surface area (Å²) in [5.41, 5.74) is 1.39. The second-order valence-corrected chi connectivity index (χ2v) is 7.20. The number of aliphatic hydroxyl groups excluding tert-OH is 1. The quantitative estimate of drug-likeness (QED) is 0.306. The summed E-state index contributed by atoms with van der Waals surface area (Å²) in [6.45, 7) is 2.60. The number of aliphatic hydroxyl groups is 1. The van der Waals surface area contributed by atoms with Gasteiger partial charge in [0, 0.05) is 12.1 Å². The van der Waals surface area contributed by atoms with Crippen molar-refractivity contribution in [1.29, 1.82) is 0 Å². The van der Waals surface area contributed by atoms with Crippen LogP contribution in [0.5, 0.6) is 5.75 Å². The lowest BCUT2D eigenvalue weighted by Gasteiger charge is -2.25. The van der Waals surface area contributed by atoms with Gasteiger partial charge >= 0.3 is 0 Å². The highest BCUT2D eigenvalue weighted by atomic mass is 16.5. The van der Waals surface area contributed by atoms with E-state index in [9.17, 15) is 14.7 Å². The number of ether oxygens (including phenoxy) is 1. The van der Waals surface area contributed by atoms with Crippen LogP contribution < -0.4 is 4.74 Å². The lowest BCUT2D eigenvalue weighted by atomic mass is 9.95. The Morgan fingerprint density at radius 2 is 1.79 bits per heavy atom. The molecule has 0 saturated carbocycles. The Morgan fingerprint density at radius 3 is 2.48 bits per heavy atom. The zero-order chi connectivity index (χ0) is 20.8. The van der Waals surface area contributed by atoms with Gasteiger partial charge in [0.1, 0.15) is 11.5 Å². The van der Waals surface area contributed by atoms with Crippen LogP contribution in [0.3, 0.4) is 0 Å². The van der Waals surface area contributed by atoms with E-state index >= 15 is 0 Å². The first kappa shape index (κ1) is 20.6. The van der Waals surface area contributed by atoms with Gasteiger partial charge < -0.3 is 14.7 Å². The summed E-state index contributed by atoms with van der Waals surface area (Å²) in [7, 11) is 1.57. The molecule has 1 aliphatic rings. The van der Waals surface area contributed by atoms with Gasteiger partial charge in [0.15, 0.2) is 0 Å². The van der Waals surface area contributed by atoms with Crippen LogP contribution in [0.1, 0.15) is 49.8 Å². The Hall–Kier alpha value is -3.08. The summed E-state index contributed by atoms with van der Waals surface area (Å²) in [6, 6.07) is 15.5. The van der Waals surface area contributed by atoms with E-state index < -0.39 is 17.7 Å². The van der Waals surface area contributed by atoms with Crippen LogP contribution in [0.25, 0.3) is 5.76 Å². The number of amides is 1. The highest BCUT2D eigenvalue weighted by molar-refractivity contribution is 6.46. The smallest absolute Gasteiger partial charge is 0.295 e. The van der Waals surface area contributed by atoms with E-state index in [1.807, 2.05) is 30.3 Å². The van der Waals surface area contributed by atoms with Gasteiger partial charge in [0.2, 0.25) is 0 Å². The lowest BCUT2D eigenvalue weighted by Crippen LogP contribution is -2.30. The molecule has 0 aromatic heterocycles. The summed E-state index contributed by atoms with van der Waals surface area (Å²) in [5.74, 6) is -0.715. The van der Waals surface area contributed by atoms with Gasteiger partial charge in [-0.05, 0) is 24.1 Å². The maximum absolute atomic E-state index is 12.9. The van der Waals surface area contributed by atoms with Crippen molar-refractivity contribution in [2.24, 2.45) is 0 Å². The molecule has 1 aliphatic heterocycles. The largest absolute Gasteiger partial charge is 0.507 e. The third-order valence-electron chi connectivity index (χ3n) is 5.25. The predicted molar refractivity (Wildman–Crippen MR) is 113 cm³/mol. The molecule has 3 rings (SSSR count). The fourth-order valence-corrected chi connectivity index (χ4v) is 3.73. The van der Waals surface area contributed by atoms with Gasteiger partial charge in [-0.3, -0.25) is 9.59 Å². The standard InChI is InChI=1S/C24H27NO4/c1-3-4-5-9-15-25-21(18-13-10-14-19(16-18)29-2)20(23(27)24(25)28)22(26)17-11-7-6-8-12-17/h6-8,10-14,16,21,26H,3-5,9,15H2,1-2H3/t21-/m1/s1. The van der Waals surface area contributed by atoms with E-state index in [1.54, 1.807) is 36.3 Å². The van der Waals surface area contributed by atoms with Crippen molar-refractivity contribution in [2.45, 2.75) is 38.6 Å². The van der Waals surface area contributed by atoms with E-state index in [0.717, 1.165) is 31.2 Å².